The molecular weight excluding hydrogens is 382 g/mol. The van der Waals surface area contributed by atoms with Crippen LogP contribution < -0.4 is 14.8 Å². The summed E-state index contributed by atoms with van der Waals surface area (Å²) in [5.74, 6) is 1.40. The van der Waals surface area contributed by atoms with Crippen molar-refractivity contribution in [3.8, 4) is 11.5 Å². The molecule has 152 valence electrons. The number of hydrogen-bond acceptors (Lipinski definition) is 3. The Morgan fingerprint density at radius 3 is 2.31 bits per heavy atom. The van der Waals surface area contributed by atoms with Crippen molar-refractivity contribution in [3.63, 3.8) is 0 Å². The van der Waals surface area contributed by atoms with Gasteiger partial charge in [0.25, 0.3) is 0 Å². The second-order valence-corrected chi connectivity index (χ2v) is 7.42. The van der Waals surface area contributed by atoms with Crippen LogP contribution in [0.3, 0.4) is 0 Å². The van der Waals surface area contributed by atoms with Gasteiger partial charge in [0, 0.05) is 17.6 Å². The number of nitrogens with one attached hydrogen (secondary N) is 1. The van der Waals surface area contributed by atoms with Crippen molar-refractivity contribution in [3.05, 3.63) is 94.0 Å². The number of hydrogen-bond donors (Lipinski definition) is 1. The SMILES string of the molecule is CCOc1cc(CNCCc2ccccc2)c(Cl)cc1OCc1ccc(C)cc1. The highest BCUT2D eigenvalue weighted by atomic mass is 35.5. The van der Waals surface area contributed by atoms with Crippen LogP contribution in [0.25, 0.3) is 0 Å². The summed E-state index contributed by atoms with van der Waals surface area (Å²) in [5.41, 5.74) is 4.67. The van der Waals surface area contributed by atoms with Crippen molar-refractivity contribution in [1.82, 2.24) is 5.32 Å². The van der Waals surface area contributed by atoms with E-state index in [1.54, 1.807) is 0 Å². The van der Waals surface area contributed by atoms with Crippen molar-refractivity contribution in [1.29, 1.82) is 0 Å². The fourth-order valence-corrected chi connectivity index (χ4v) is 3.26. The van der Waals surface area contributed by atoms with E-state index in [2.05, 4.69) is 60.8 Å². The van der Waals surface area contributed by atoms with Gasteiger partial charge in [-0.15, -0.1) is 0 Å². The molecule has 0 saturated heterocycles. The highest BCUT2D eigenvalue weighted by molar-refractivity contribution is 6.31. The zero-order chi connectivity index (χ0) is 20.5. The quantitative estimate of drug-likeness (QED) is 0.419. The number of ether oxygens (including phenoxy) is 2. The second-order valence-electron chi connectivity index (χ2n) is 7.01. The maximum Gasteiger partial charge on any atom is 0.163 e. The van der Waals surface area contributed by atoms with Crippen molar-refractivity contribution < 1.29 is 9.47 Å². The Bertz CT molecular complexity index is 895. The zero-order valence-corrected chi connectivity index (χ0v) is 17.8. The molecule has 0 aliphatic carbocycles. The fourth-order valence-electron chi connectivity index (χ4n) is 3.04. The summed E-state index contributed by atoms with van der Waals surface area (Å²) in [4.78, 5) is 0. The summed E-state index contributed by atoms with van der Waals surface area (Å²) in [6, 6.07) is 22.6. The first-order valence-electron chi connectivity index (χ1n) is 10.0. The van der Waals surface area contributed by atoms with Crippen molar-refractivity contribution in [2.24, 2.45) is 0 Å². The van der Waals surface area contributed by atoms with Gasteiger partial charge in [-0.2, -0.15) is 0 Å². The molecule has 3 nitrogen and oxygen atoms in total. The Hall–Kier alpha value is -2.49. The van der Waals surface area contributed by atoms with Crippen molar-refractivity contribution >= 4 is 11.6 Å². The average molecular weight is 410 g/mol. The molecule has 0 fully saturated rings. The lowest BCUT2D eigenvalue weighted by atomic mass is 10.1. The van der Waals surface area contributed by atoms with Crippen molar-refractivity contribution in [2.45, 2.75) is 33.4 Å². The zero-order valence-electron chi connectivity index (χ0n) is 17.1. The maximum atomic E-state index is 6.52. The highest BCUT2D eigenvalue weighted by Crippen LogP contribution is 2.34. The van der Waals surface area contributed by atoms with Crippen LogP contribution >= 0.6 is 11.6 Å². The van der Waals surface area contributed by atoms with Crippen LogP contribution in [0.5, 0.6) is 11.5 Å². The smallest absolute Gasteiger partial charge is 0.163 e. The Kier molecular flexibility index (Phi) is 7.97. The minimum atomic E-state index is 0.478. The molecule has 0 saturated carbocycles. The average Bonchev–Trinajstić information content (AvgIpc) is 2.74. The topological polar surface area (TPSA) is 30.5 Å². The Balaban J connectivity index is 1.61. The van der Waals surface area contributed by atoms with Crippen LogP contribution in [0.4, 0.5) is 0 Å². The Morgan fingerprint density at radius 2 is 1.59 bits per heavy atom. The van der Waals surface area contributed by atoms with Gasteiger partial charge in [-0.3, -0.25) is 0 Å². The molecule has 0 unspecified atom stereocenters. The van der Waals surface area contributed by atoms with E-state index < -0.39 is 0 Å². The third-order valence-electron chi connectivity index (χ3n) is 4.68. The minimum Gasteiger partial charge on any atom is -0.490 e. The molecular formula is C25H28ClNO2. The van der Waals surface area contributed by atoms with Crippen LogP contribution in [0.2, 0.25) is 5.02 Å². The van der Waals surface area contributed by atoms with Gasteiger partial charge < -0.3 is 14.8 Å². The predicted octanol–water partition coefficient (Wildman–Crippen LogP) is 5.96. The summed E-state index contributed by atoms with van der Waals surface area (Å²) in [6.07, 6.45) is 0.981. The predicted molar refractivity (Wildman–Crippen MR) is 120 cm³/mol. The van der Waals surface area contributed by atoms with Gasteiger partial charge in [0.2, 0.25) is 0 Å². The molecule has 0 aromatic heterocycles. The molecule has 1 N–H and O–H groups in total. The van der Waals surface area contributed by atoms with E-state index in [0.29, 0.717) is 30.5 Å². The molecule has 3 aromatic carbocycles. The highest BCUT2D eigenvalue weighted by Gasteiger charge is 2.11. The molecule has 0 aliphatic heterocycles. The summed E-state index contributed by atoms with van der Waals surface area (Å²) >= 11 is 6.52. The third-order valence-corrected chi connectivity index (χ3v) is 5.03. The number of benzene rings is 3. The minimum absolute atomic E-state index is 0.478. The first-order chi connectivity index (χ1) is 14.2. The Morgan fingerprint density at radius 1 is 0.862 bits per heavy atom. The lowest BCUT2D eigenvalue weighted by molar-refractivity contribution is 0.269. The molecule has 0 heterocycles. The van der Waals surface area contributed by atoms with E-state index in [4.69, 9.17) is 21.1 Å². The molecule has 0 spiro atoms. The van der Waals surface area contributed by atoms with Crippen LogP contribution in [-0.4, -0.2) is 13.2 Å². The largest absolute Gasteiger partial charge is 0.490 e. The fraction of sp³-hybridized carbons (Fsp3) is 0.280. The molecule has 29 heavy (non-hydrogen) atoms. The monoisotopic (exact) mass is 409 g/mol. The third kappa shape index (κ3) is 6.52. The molecule has 0 radical (unpaired) electrons. The van der Waals surface area contributed by atoms with E-state index in [0.717, 1.165) is 29.8 Å². The van der Waals surface area contributed by atoms with Crippen LogP contribution in [0.1, 0.15) is 29.2 Å². The first kappa shape index (κ1) is 21.2. The normalized spacial score (nSPS) is 10.7. The molecule has 3 aromatic rings. The Labute approximate surface area is 178 Å². The van der Waals surface area contributed by atoms with Gasteiger partial charge in [0.1, 0.15) is 6.61 Å². The van der Waals surface area contributed by atoms with Gasteiger partial charge in [-0.25, -0.2) is 0 Å². The first-order valence-corrected chi connectivity index (χ1v) is 10.4. The van der Waals surface area contributed by atoms with Crippen LogP contribution in [0, 0.1) is 6.92 Å². The van der Waals surface area contributed by atoms with E-state index in [1.807, 2.05) is 25.1 Å². The lowest BCUT2D eigenvalue weighted by Crippen LogP contribution is -2.17. The second kappa shape index (κ2) is 10.9. The standard InChI is InChI=1S/C25H28ClNO2/c1-3-28-24-15-22(17-27-14-13-20-7-5-4-6-8-20)23(26)16-25(24)29-18-21-11-9-19(2)10-12-21/h4-12,15-16,27H,3,13-14,17-18H2,1-2H3. The number of aryl methyl sites for hydroxylation is 1. The summed E-state index contributed by atoms with van der Waals surface area (Å²) in [6.45, 7) is 6.66. The summed E-state index contributed by atoms with van der Waals surface area (Å²) in [5, 5.41) is 4.14. The van der Waals surface area contributed by atoms with Gasteiger partial charge in [-0.1, -0.05) is 71.8 Å². The van der Waals surface area contributed by atoms with E-state index >= 15 is 0 Å². The molecule has 4 heteroatoms. The molecule has 3 rings (SSSR count). The molecule has 0 bridgehead atoms. The lowest BCUT2D eigenvalue weighted by Gasteiger charge is -2.15. The summed E-state index contributed by atoms with van der Waals surface area (Å²) < 4.78 is 11.8. The molecule has 0 atom stereocenters. The van der Waals surface area contributed by atoms with E-state index in [-0.39, 0.29) is 0 Å². The number of rotatable bonds is 10. The van der Waals surface area contributed by atoms with Crippen molar-refractivity contribution in [2.75, 3.05) is 13.2 Å². The summed E-state index contributed by atoms with van der Waals surface area (Å²) in [7, 11) is 0. The molecule has 0 aliphatic rings. The van der Waals surface area contributed by atoms with E-state index in [9.17, 15) is 0 Å². The van der Waals surface area contributed by atoms with Gasteiger partial charge >= 0.3 is 0 Å². The van der Waals surface area contributed by atoms with Gasteiger partial charge in [0.15, 0.2) is 11.5 Å². The molecule has 0 amide bonds. The van der Waals surface area contributed by atoms with Crippen LogP contribution in [-0.2, 0) is 19.6 Å². The van der Waals surface area contributed by atoms with E-state index in [1.165, 1.54) is 11.1 Å². The van der Waals surface area contributed by atoms with Crippen LogP contribution in [0.15, 0.2) is 66.7 Å². The maximum absolute atomic E-state index is 6.52. The van der Waals surface area contributed by atoms with Gasteiger partial charge in [0.05, 0.1) is 6.61 Å². The van der Waals surface area contributed by atoms with Gasteiger partial charge in [-0.05, 0) is 49.6 Å². The number of halogens is 1.